The molecule has 5 nitrogen and oxygen atoms in total. The maximum Gasteiger partial charge on any atom is 0.416 e. The third-order valence-electron chi connectivity index (χ3n) is 7.05. The number of carbonyl (C=O) groups excluding carboxylic acids is 1. The number of hydrogen-bond acceptors (Lipinski definition) is 3. The summed E-state index contributed by atoms with van der Waals surface area (Å²) >= 11 is 0. The van der Waals surface area contributed by atoms with E-state index in [-0.39, 0.29) is 35.9 Å². The van der Waals surface area contributed by atoms with Gasteiger partial charge in [-0.1, -0.05) is 24.3 Å². The average molecular weight is 495 g/mol. The van der Waals surface area contributed by atoms with Crippen molar-refractivity contribution < 1.29 is 26.4 Å². The molecule has 0 bridgehead atoms. The Hall–Kier alpha value is -2.39. The Morgan fingerprint density at radius 2 is 1.65 bits per heavy atom. The molecule has 2 aliphatic rings. The maximum absolute atomic E-state index is 13.4. The summed E-state index contributed by atoms with van der Waals surface area (Å²) in [5.41, 5.74) is 2.52. The highest BCUT2D eigenvalue weighted by Crippen LogP contribution is 2.36. The zero-order valence-corrected chi connectivity index (χ0v) is 20.1. The Morgan fingerprint density at radius 1 is 0.941 bits per heavy atom. The monoisotopic (exact) mass is 494 g/mol. The number of carbonyl (C=O) groups is 1. The van der Waals surface area contributed by atoms with Crippen LogP contribution in [-0.4, -0.2) is 43.2 Å². The van der Waals surface area contributed by atoms with Gasteiger partial charge in [0, 0.05) is 25.6 Å². The first kappa shape index (κ1) is 24.7. The van der Waals surface area contributed by atoms with E-state index in [1.807, 2.05) is 4.90 Å². The van der Waals surface area contributed by atoms with Crippen molar-refractivity contribution in [3.05, 3.63) is 64.7 Å². The molecule has 1 amide bonds. The lowest BCUT2D eigenvalue weighted by Crippen LogP contribution is -2.44. The molecule has 0 spiro atoms. The molecule has 2 aliphatic heterocycles. The topological polar surface area (TPSA) is 57.7 Å². The van der Waals surface area contributed by atoms with Crippen molar-refractivity contribution in [2.45, 2.75) is 56.6 Å². The first-order valence-electron chi connectivity index (χ1n) is 11.5. The van der Waals surface area contributed by atoms with E-state index in [9.17, 15) is 26.4 Å². The molecular weight excluding hydrogens is 465 g/mol. The van der Waals surface area contributed by atoms with Crippen molar-refractivity contribution in [2.75, 3.05) is 19.6 Å². The zero-order chi connectivity index (χ0) is 24.7. The van der Waals surface area contributed by atoms with Gasteiger partial charge in [-0.25, -0.2) is 8.42 Å². The lowest BCUT2D eigenvalue weighted by Gasteiger charge is -2.34. The summed E-state index contributed by atoms with van der Waals surface area (Å²) in [5.74, 6) is -0.253. The van der Waals surface area contributed by atoms with Crippen LogP contribution in [0.2, 0.25) is 0 Å². The van der Waals surface area contributed by atoms with E-state index < -0.39 is 21.8 Å². The van der Waals surface area contributed by atoms with Crippen molar-refractivity contribution in [1.82, 2.24) is 9.21 Å². The lowest BCUT2D eigenvalue weighted by atomic mass is 9.94. The van der Waals surface area contributed by atoms with Crippen LogP contribution in [0.1, 0.15) is 54.0 Å². The highest BCUT2D eigenvalue weighted by Gasteiger charge is 2.38. The second-order valence-electron chi connectivity index (χ2n) is 9.24. The minimum absolute atomic E-state index is 0.0265. The molecule has 2 aromatic carbocycles. The van der Waals surface area contributed by atoms with E-state index in [0.717, 1.165) is 30.5 Å². The van der Waals surface area contributed by atoms with E-state index in [0.29, 0.717) is 25.5 Å². The maximum atomic E-state index is 13.4. The van der Waals surface area contributed by atoms with Crippen LogP contribution in [0, 0.1) is 19.8 Å². The molecule has 184 valence electrons. The zero-order valence-electron chi connectivity index (χ0n) is 19.3. The standard InChI is InChI=1S/C25H29F3N2O3S/c1-17-8-9-20(15-18(17)2)23-7-4-12-30(23)24(31)19-10-13-29(14-11-19)34(32,33)22-6-3-5-21(16-22)25(26,27)28/h3,5-6,8-9,15-16,19,23H,4,7,10-14H2,1-2H3. The molecular formula is C25H29F3N2O3S. The molecule has 0 saturated carbocycles. The first-order valence-corrected chi connectivity index (χ1v) is 13.0. The van der Waals surface area contributed by atoms with Gasteiger partial charge in [-0.2, -0.15) is 17.5 Å². The van der Waals surface area contributed by atoms with Gasteiger partial charge >= 0.3 is 6.18 Å². The van der Waals surface area contributed by atoms with E-state index in [2.05, 4.69) is 32.0 Å². The van der Waals surface area contributed by atoms with Gasteiger partial charge in [0.25, 0.3) is 0 Å². The normalized spacial score (nSPS) is 20.6. The lowest BCUT2D eigenvalue weighted by molar-refractivity contribution is -0.138. The number of sulfonamides is 1. The summed E-state index contributed by atoms with van der Waals surface area (Å²) in [5, 5.41) is 0. The number of amides is 1. The highest BCUT2D eigenvalue weighted by molar-refractivity contribution is 7.89. The van der Waals surface area contributed by atoms with Crippen LogP contribution in [0.5, 0.6) is 0 Å². The molecule has 1 unspecified atom stereocenters. The van der Waals surface area contributed by atoms with Gasteiger partial charge in [0.2, 0.25) is 15.9 Å². The first-order chi connectivity index (χ1) is 16.0. The number of nitrogens with zero attached hydrogens (tertiary/aromatic N) is 2. The number of aryl methyl sites for hydroxylation is 2. The number of alkyl halides is 3. The molecule has 0 aromatic heterocycles. The van der Waals surface area contributed by atoms with Crippen LogP contribution in [-0.2, 0) is 21.0 Å². The number of piperidine rings is 1. The second kappa shape index (κ2) is 9.34. The number of halogens is 3. The van der Waals surface area contributed by atoms with Gasteiger partial charge in [0.1, 0.15) is 0 Å². The third kappa shape index (κ3) is 4.86. The van der Waals surface area contributed by atoms with Crippen LogP contribution >= 0.6 is 0 Å². The summed E-state index contributed by atoms with van der Waals surface area (Å²) in [6, 6.07) is 10.1. The fraction of sp³-hybridized carbons (Fsp3) is 0.480. The summed E-state index contributed by atoms with van der Waals surface area (Å²) in [4.78, 5) is 14.9. The van der Waals surface area contributed by atoms with Gasteiger partial charge < -0.3 is 4.90 Å². The SMILES string of the molecule is Cc1ccc(C2CCCN2C(=O)C2CCN(S(=O)(=O)c3cccc(C(F)(F)F)c3)CC2)cc1C. The number of likely N-dealkylation sites (tertiary alicyclic amines) is 1. The van der Waals surface area contributed by atoms with Gasteiger partial charge in [0.05, 0.1) is 16.5 Å². The molecule has 2 saturated heterocycles. The van der Waals surface area contributed by atoms with Gasteiger partial charge in [0.15, 0.2) is 0 Å². The predicted molar refractivity (Wildman–Crippen MR) is 123 cm³/mol. The third-order valence-corrected chi connectivity index (χ3v) is 8.95. The number of benzene rings is 2. The Balaban J connectivity index is 1.44. The molecule has 0 N–H and O–H groups in total. The second-order valence-corrected chi connectivity index (χ2v) is 11.2. The number of rotatable bonds is 4. The molecule has 2 fully saturated rings. The van der Waals surface area contributed by atoms with Gasteiger partial charge in [-0.05, 0) is 74.4 Å². The van der Waals surface area contributed by atoms with Crippen molar-refractivity contribution in [3.8, 4) is 0 Å². The minimum atomic E-state index is -4.62. The van der Waals surface area contributed by atoms with Gasteiger partial charge in [-0.15, -0.1) is 0 Å². The average Bonchev–Trinajstić information content (AvgIpc) is 3.30. The highest BCUT2D eigenvalue weighted by atomic mass is 32.2. The number of hydrogen-bond donors (Lipinski definition) is 0. The van der Waals surface area contributed by atoms with Crippen LogP contribution in [0.4, 0.5) is 13.2 Å². The van der Waals surface area contributed by atoms with Gasteiger partial charge in [-0.3, -0.25) is 4.79 Å². The molecule has 0 aliphatic carbocycles. The van der Waals surface area contributed by atoms with E-state index in [1.165, 1.54) is 21.5 Å². The minimum Gasteiger partial charge on any atom is -0.335 e. The molecule has 34 heavy (non-hydrogen) atoms. The molecule has 9 heteroatoms. The van der Waals surface area contributed by atoms with Crippen LogP contribution in [0.15, 0.2) is 47.4 Å². The Labute approximate surface area is 198 Å². The molecule has 0 radical (unpaired) electrons. The van der Waals surface area contributed by atoms with E-state index >= 15 is 0 Å². The predicted octanol–water partition coefficient (Wildman–Crippen LogP) is 5.09. The summed E-state index contributed by atoms with van der Waals surface area (Å²) in [6.07, 6.45) is -2.09. The summed E-state index contributed by atoms with van der Waals surface area (Å²) in [7, 11) is -4.07. The summed E-state index contributed by atoms with van der Waals surface area (Å²) < 4.78 is 66.2. The van der Waals surface area contributed by atoms with E-state index in [4.69, 9.17) is 0 Å². The van der Waals surface area contributed by atoms with Crippen molar-refractivity contribution in [2.24, 2.45) is 5.92 Å². The smallest absolute Gasteiger partial charge is 0.335 e. The van der Waals surface area contributed by atoms with E-state index in [1.54, 1.807) is 0 Å². The molecule has 4 rings (SSSR count). The Morgan fingerprint density at radius 3 is 2.29 bits per heavy atom. The molecule has 1 atom stereocenters. The largest absolute Gasteiger partial charge is 0.416 e. The Kier molecular flexibility index (Phi) is 6.79. The quantitative estimate of drug-likeness (QED) is 0.595. The molecule has 2 heterocycles. The van der Waals surface area contributed by atoms with Crippen LogP contribution in [0.25, 0.3) is 0 Å². The van der Waals surface area contributed by atoms with Crippen molar-refractivity contribution in [3.63, 3.8) is 0 Å². The Bertz CT molecular complexity index is 1170. The van der Waals surface area contributed by atoms with Crippen LogP contribution < -0.4 is 0 Å². The fourth-order valence-electron chi connectivity index (χ4n) is 4.91. The molecule has 2 aromatic rings. The van der Waals surface area contributed by atoms with Crippen molar-refractivity contribution in [1.29, 1.82) is 0 Å². The van der Waals surface area contributed by atoms with Crippen molar-refractivity contribution >= 4 is 15.9 Å². The fourth-order valence-corrected chi connectivity index (χ4v) is 6.42. The summed E-state index contributed by atoms with van der Waals surface area (Å²) in [6.45, 7) is 5.01. The van der Waals surface area contributed by atoms with Crippen LogP contribution in [0.3, 0.4) is 0 Å².